The highest BCUT2D eigenvalue weighted by Crippen LogP contribution is 2.42. The van der Waals surface area contributed by atoms with Crippen LogP contribution in [0.25, 0.3) is 0 Å². The molecule has 108 valence electrons. The smallest absolute Gasteiger partial charge is 0.312 e. The number of aliphatic hydroxyl groups is 1. The van der Waals surface area contributed by atoms with E-state index in [0.717, 1.165) is 6.42 Å². The fourth-order valence-electron chi connectivity index (χ4n) is 2.98. The minimum atomic E-state index is -1.12. The minimum Gasteiger partial charge on any atom is -0.460 e. The van der Waals surface area contributed by atoms with Gasteiger partial charge < -0.3 is 14.6 Å². The first-order chi connectivity index (χ1) is 8.58. The van der Waals surface area contributed by atoms with Crippen molar-refractivity contribution in [1.29, 1.82) is 0 Å². The molecule has 4 nitrogen and oxygen atoms in total. The third kappa shape index (κ3) is 3.18. The predicted octanol–water partition coefficient (Wildman–Crippen LogP) is 2.06. The molecule has 4 atom stereocenters. The second-order valence-corrected chi connectivity index (χ2v) is 7.09. The zero-order valence-corrected chi connectivity index (χ0v) is 12.3. The van der Waals surface area contributed by atoms with Crippen molar-refractivity contribution in [3.63, 3.8) is 0 Å². The maximum Gasteiger partial charge on any atom is 0.312 e. The summed E-state index contributed by atoms with van der Waals surface area (Å²) < 4.78 is 11.2. The first-order valence-electron chi connectivity index (χ1n) is 6.87. The van der Waals surface area contributed by atoms with E-state index in [1.54, 1.807) is 13.8 Å². The second kappa shape index (κ2) is 4.60. The molecule has 4 unspecified atom stereocenters. The number of rotatable bonds is 3. The quantitative estimate of drug-likeness (QED) is 0.629. The molecule has 0 aromatic carbocycles. The maximum absolute atomic E-state index is 12.4. The van der Waals surface area contributed by atoms with Crippen molar-refractivity contribution in [1.82, 2.24) is 0 Å². The van der Waals surface area contributed by atoms with Crippen LogP contribution >= 0.6 is 0 Å². The minimum absolute atomic E-state index is 0.00940. The Balaban J connectivity index is 2.18. The van der Waals surface area contributed by atoms with Crippen molar-refractivity contribution in [2.24, 2.45) is 11.8 Å². The molecule has 0 aromatic rings. The highest BCUT2D eigenvalue weighted by molar-refractivity contribution is 5.75. The van der Waals surface area contributed by atoms with Gasteiger partial charge in [0.05, 0.1) is 23.7 Å². The number of carbonyl (C=O) groups excluding carboxylic acids is 1. The van der Waals surface area contributed by atoms with Crippen LogP contribution in [0, 0.1) is 11.8 Å². The van der Waals surface area contributed by atoms with E-state index >= 15 is 0 Å². The van der Waals surface area contributed by atoms with Crippen molar-refractivity contribution in [3.8, 4) is 0 Å². The lowest BCUT2D eigenvalue weighted by Gasteiger charge is -2.35. The summed E-state index contributed by atoms with van der Waals surface area (Å²) in [6.07, 6.45) is 4.80. The Morgan fingerprint density at radius 1 is 1.32 bits per heavy atom. The monoisotopic (exact) mass is 268 g/mol. The number of carbonyl (C=O) groups is 1. The summed E-state index contributed by atoms with van der Waals surface area (Å²) in [5, 5.41) is 10.4. The Morgan fingerprint density at radius 2 is 1.95 bits per heavy atom. The van der Waals surface area contributed by atoms with Crippen LogP contribution in [0.4, 0.5) is 0 Å². The average molecular weight is 268 g/mol. The van der Waals surface area contributed by atoms with E-state index in [-0.39, 0.29) is 24.1 Å². The standard InChI is InChI=1S/C15H24O4/c1-14(2,3)19-13(16)12(15(4,5)17)10-8-9-6-7-11(10)18-9/h6-7,9-12,17H,8H2,1-5H3. The molecule has 1 fully saturated rings. The highest BCUT2D eigenvalue weighted by atomic mass is 16.6. The molecule has 0 aromatic heterocycles. The Kier molecular flexibility index (Phi) is 3.52. The van der Waals surface area contributed by atoms with Gasteiger partial charge in [0, 0.05) is 5.92 Å². The van der Waals surface area contributed by atoms with E-state index < -0.39 is 17.1 Å². The summed E-state index contributed by atoms with van der Waals surface area (Å²) in [5.41, 5.74) is -1.66. The summed E-state index contributed by atoms with van der Waals surface area (Å²) in [5.74, 6) is -0.911. The first-order valence-corrected chi connectivity index (χ1v) is 6.87. The van der Waals surface area contributed by atoms with Gasteiger partial charge >= 0.3 is 5.97 Å². The summed E-state index contributed by atoms with van der Waals surface area (Å²) in [4.78, 5) is 12.4. The lowest BCUT2D eigenvalue weighted by Crippen LogP contribution is -2.47. The SMILES string of the molecule is CC(C)(C)OC(=O)C(C1CC2C=CC1O2)C(C)(C)O. The number of fused-ring (bicyclic) bond motifs is 2. The molecule has 0 aliphatic carbocycles. The van der Waals surface area contributed by atoms with E-state index in [1.165, 1.54) is 0 Å². The molecule has 0 saturated carbocycles. The number of hydrogen-bond acceptors (Lipinski definition) is 4. The van der Waals surface area contributed by atoms with Crippen molar-refractivity contribution in [3.05, 3.63) is 12.2 Å². The average Bonchev–Trinajstić information content (AvgIpc) is 2.73. The fourth-order valence-corrected chi connectivity index (χ4v) is 2.98. The zero-order chi connectivity index (χ0) is 14.4. The molecule has 4 heteroatoms. The van der Waals surface area contributed by atoms with Crippen molar-refractivity contribution in [2.75, 3.05) is 0 Å². The normalized spacial score (nSPS) is 31.6. The maximum atomic E-state index is 12.4. The lowest BCUT2D eigenvalue weighted by atomic mass is 9.74. The van der Waals surface area contributed by atoms with Gasteiger partial charge in [-0.25, -0.2) is 0 Å². The molecule has 2 bridgehead atoms. The Morgan fingerprint density at radius 3 is 2.32 bits per heavy atom. The van der Waals surface area contributed by atoms with E-state index in [9.17, 15) is 9.90 Å². The van der Waals surface area contributed by atoms with Gasteiger partial charge in [-0.2, -0.15) is 0 Å². The Hall–Kier alpha value is -0.870. The molecular formula is C15H24O4. The zero-order valence-electron chi connectivity index (χ0n) is 12.3. The van der Waals surface area contributed by atoms with Crippen LogP contribution in [0.1, 0.15) is 41.0 Å². The van der Waals surface area contributed by atoms with Gasteiger partial charge in [0.15, 0.2) is 0 Å². The Bertz CT molecular complexity index is 386. The van der Waals surface area contributed by atoms with Gasteiger partial charge in [0.1, 0.15) is 5.60 Å². The summed E-state index contributed by atoms with van der Waals surface area (Å²) in [6, 6.07) is 0. The predicted molar refractivity (Wildman–Crippen MR) is 71.5 cm³/mol. The van der Waals surface area contributed by atoms with E-state index in [4.69, 9.17) is 9.47 Å². The molecule has 2 heterocycles. The molecule has 2 aliphatic rings. The molecule has 2 aliphatic heterocycles. The third-order valence-corrected chi connectivity index (χ3v) is 3.62. The van der Waals surface area contributed by atoms with E-state index in [2.05, 4.69) is 0 Å². The van der Waals surface area contributed by atoms with Crippen LogP contribution in [0.3, 0.4) is 0 Å². The molecule has 1 saturated heterocycles. The highest BCUT2D eigenvalue weighted by Gasteiger charge is 2.50. The summed E-state index contributed by atoms with van der Waals surface area (Å²) >= 11 is 0. The van der Waals surface area contributed by atoms with Crippen LogP contribution < -0.4 is 0 Å². The number of esters is 1. The van der Waals surface area contributed by atoms with Gasteiger partial charge in [-0.15, -0.1) is 0 Å². The molecule has 2 rings (SSSR count). The van der Waals surface area contributed by atoms with Crippen LogP contribution in [0.2, 0.25) is 0 Å². The van der Waals surface area contributed by atoms with Gasteiger partial charge in [0.2, 0.25) is 0 Å². The lowest BCUT2D eigenvalue weighted by molar-refractivity contribution is -0.172. The van der Waals surface area contributed by atoms with Crippen molar-refractivity contribution >= 4 is 5.97 Å². The van der Waals surface area contributed by atoms with Crippen LogP contribution in [0.15, 0.2) is 12.2 Å². The topological polar surface area (TPSA) is 55.8 Å². The van der Waals surface area contributed by atoms with Crippen molar-refractivity contribution in [2.45, 2.75) is 64.4 Å². The van der Waals surface area contributed by atoms with Crippen LogP contribution in [0.5, 0.6) is 0 Å². The molecule has 1 N–H and O–H groups in total. The van der Waals surface area contributed by atoms with Gasteiger partial charge in [-0.3, -0.25) is 4.79 Å². The number of ether oxygens (including phenoxy) is 2. The third-order valence-electron chi connectivity index (χ3n) is 3.62. The summed E-state index contributed by atoms with van der Waals surface area (Å²) in [7, 11) is 0. The van der Waals surface area contributed by atoms with Gasteiger partial charge in [0.25, 0.3) is 0 Å². The molecule has 0 amide bonds. The van der Waals surface area contributed by atoms with E-state index in [0.29, 0.717) is 0 Å². The van der Waals surface area contributed by atoms with Crippen molar-refractivity contribution < 1.29 is 19.4 Å². The Labute approximate surface area is 114 Å². The summed E-state index contributed by atoms with van der Waals surface area (Å²) in [6.45, 7) is 8.84. The first kappa shape index (κ1) is 14.5. The fraction of sp³-hybridized carbons (Fsp3) is 0.800. The van der Waals surface area contributed by atoms with Gasteiger partial charge in [-0.05, 0) is 41.0 Å². The van der Waals surface area contributed by atoms with Crippen LogP contribution in [-0.2, 0) is 14.3 Å². The van der Waals surface area contributed by atoms with E-state index in [1.807, 2.05) is 32.9 Å². The number of hydrogen-bond donors (Lipinski definition) is 1. The molecule has 0 spiro atoms. The largest absolute Gasteiger partial charge is 0.460 e. The van der Waals surface area contributed by atoms with Crippen LogP contribution in [-0.4, -0.2) is 34.5 Å². The molecular weight excluding hydrogens is 244 g/mol. The molecule has 19 heavy (non-hydrogen) atoms. The molecule has 0 radical (unpaired) electrons. The second-order valence-electron chi connectivity index (χ2n) is 7.09. The van der Waals surface area contributed by atoms with Gasteiger partial charge in [-0.1, -0.05) is 12.2 Å².